The molecule has 0 aliphatic carbocycles. The van der Waals surface area contributed by atoms with Gasteiger partial charge in [-0.1, -0.05) is 0 Å². The van der Waals surface area contributed by atoms with Gasteiger partial charge in [-0.3, -0.25) is 5.41 Å². The predicted molar refractivity (Wildman–Crippen MR) is 23.3 cm³/mol. The van der Waals surface area contributed by atoms with E-state index < -0.39 is 0 Å². The fourth-order valence-corrected chi connectivity index (χ4v) is 0. The molecule has 0 amide bonds. The first-order valence-corrected chi connectivity index (χ1v) is 0.827. The third-order valence-corrected chi connectivity index (χ3v) is 0. The molecule has 5 N–H and O–H groups in total. The van der Waals surface area contributed by atoms with Gasteiger partial charge in [-0.25, -0.2) is 0 Å². The van der Waals surface area contributed by atoms with Crippen LogP contribution >= 0.6 is 0 Å². The molecule has 0 aromatic carbocycles. The van der Waals surface area contributed by atoms with Gasteiger partial charge in [0.05, 0.1) is 0 Å². The maximum absolute atomic E-state index is 6.06. The van der Waals surface area contributed by atoms with Gasteiger partial charge < -0.3 is 11.5 Å². The summed E-state index contributed by atoms with van der Waals surface area (Å²) < 4.78 is 0. The minimum atomic E-state index is -0.333. The van der Waals surface area contributed by atoms with Crippen LogP contribution in [-0.4, -0.2) is 24.8 Å². The average Bonchev–Trinajstić information content (AvgIpc) is 0.811. The number of guanidine groups is 1. The van der Waals surface area contributed by atoms with E-state index in [1.807, 2.05) is 0 Å². The van der Waals surface area contributed by atoms with Crippen LogP contribution in [0.4, 0.5) is 0 Å². The first-order chi connectivity index (χ1) is 1.73. The Hall–Kier alpha value is -0.133. The second-order valence-corrected chi connectivity index (χ2v) is 0.455. The second-order valence-electron chi connectivity index (χ2n) is 0.455. The maximum atomic E-state index is 6.06. The second kappa shape index (κ2) is 3.87. The van der Waals surface area contributed by atoms with Crippen LogP contribution in [0, 0.1) is 5.41 Å². The molecule has 0 rings (SSSR count). The Labute approximate surface area is 42.4 Å². The Bertz CT molecular complexity index is 29.9. The summed E-state index contributed by atoms with van der Waals surface area (Å²) in [5, 5.41) is 6.06. The molecular formula is CH6LiN3. The van der Waals surface area contributed by atoms with Gasteiger partial charge in [-0.2, -0.15) is 0 Å². The van der Waals surface area contributed by atoms with Gasteiger partial charge in [-0.15, -0.1) is 0 Å². The molecule has 5 heavy (non-hydrogen) atoms. The van der Waals surface area contributed by atoms with E-state index in [9.17, 15) is 0 Å². The zero-order chi connectivity index (χ0) is 3.58. The number of hydrogen-bond donors (Lipinski definition) is 3. The Kier molecular flexibility index (Phi) is 6.85. The molecule has 0 saturated heterocycles. The number of rotatable bonds is 0. The molecule has 0 heterocycles. The van der Waals surface area contributed by atoms with Crippen LogP contribution in [0.2, 0.25) is 0 Å². The summed E-state index contributed by atoms with van der Waals surface area (Å²) in [5.41, 5.74) is 8.94. The summed E-state index contributed by atoms with van der Waals surface area (Å²) in [6.07, 6.45) is 0. The number of hydrogen-bond acceptors (Lipinski definition) is 1. The fourth-order valence-electron chi connectivity index (χ4n) is 0. The van der Waals surface area contributed by atoms with E-state index in [-0.39, 0.29) is 24.8 Å². The van der Waals surface area contributed by atoms with Crippen molar-refractivity contribution in [3.8, 4) is 0 Å². The summed E-state index contributed by atoms with van der Waals surface area (Å²) in [7, 11) is 0. The van der Waals surface area contributed by atoms with Crippen molar-refractivity contribution in [1.29, 1.82) is 5.41 Å². The van der Waals surface area contributed by atoms with Crippen LogP contribution in [0.15, 0.2) is 0 Å². The summed E-state index contributed by atoms with van der Waals surface area (Å²) in [4.78, 5) is 0. The Balaban J connectivity index is 0. The van der Waals surface area contributed by atoms with Crippen molar-refractivity contribution in [2.24, 2.45) is 11.5 Å². The molecule has 0 aromatic heterocycles. The molecular weight excluding hydrogens is 61.0 g/mol. The van der Waals surface area contributed by atoms with E-state index in [1.54, 1.807) is 0 Å². The van der Waals surface area contributed by atoms with Crippen LogP contribution < -0.4 is 11.5 Å². The molecule has 26 valence electrons. The zero-order valence-corrected chi connectivity index (χ0v) is 2.15. The van der Waals surface area contributed by atoms with Crippen molar-refractivity contribution < 1.29 is 0 Å². The first kappa shape index (κ1) is 8.85. The van der Waals surface area contributed by atoms with E-state index in [0.717, 1.165) is 0 Å². The molecule has 0 radical (unpaired) electrons. The normalized spacial score (nSPS) is 4.80. The molecule has 0 aliphatic rings. The van der Waals surface area contributed by atoms with E-state index in [1.165, 1.54) is 0 Å². The molecule has 0 spiro atoms. The van der Waals surface area contributed by atoms with Gasteiger partial charge in [0.2, 0.25) is 0 Å². The molecule has 0 aromatic rings. The molecule has 4 heteroatoms. The van der Waals surface area contributed by atoms with Crippen molar-refractivity contribution in [1.82, 2.24) is 0 Å². The van der Waals surface area contributed by atoms with Gasteiger partial charge in [0.15, 0.2) is 5.96 Å². The summed E-state index contributed by atoms with van der Waals surface area (Å²) in [6, 6.07) is 0. The number of nitrogens with one attached hydrogen (secondary N) is 1. The molecule has 0 aliphatic heterocycles. The molecule has 0 saturated carbocycles. The molecule has 0 bridgehead atoms. The minimum absolute atomic E-state index is 0. The van der Waals surface area contributed by atoms with Crippen LogP contribution in [0.1, 0.15) is 0 Å². The van der Waals surface area contributed by atoms with Crippen LogP contribution in [0.3, 0.4) is 0 Å². The van der Waals surface area contributed by atoms with Crippen LogP contribution in [0.5, 0.6) is 0 Å². The van der Waals surface area contributed by atoms with Crippen molar-refractivity contribution >= 4 is 24.8 Å². The summed E-state index contributed by atoms with van der Waals surface area (Å²) in [5.74, 6) is -0.333. The molecule has 0 atom stereocenters. The monoisotopic (exact) mass is 67.1 g/mol. The van der Waals surface area contributed by atoms with Crippen molar-refractivity contribution in [3.05, 3.63) is 0 Å². The third-order valence-electron chi connectivity index (χ3n) is 0. The standard InChI is InChI=1S/CH5N3.Li.H/c2-1(3)4;;/h(H5,2,3,4);;. The van der Waals surface area contributed by atoms with E-state index in [0.29, 0.717) is 0 Å². The SMILES string of the molecule is N=C(N)N.[LiH]. The van der Waals surface area contributed by atoms with Crippen molar-refractivity contribution in [3.63, 3.8) is 0 Å². The van der Waals surface area contributed by atoms with Gasteiger partial charge in [-0.05, 0) is 0 Å². The molecule has 3 nitrogen and oxygen atoms in total. The van der Waals surface area contributed by atoms with Gasteiger partial charge in [0, 0.05) is 0 Å². The Morgan fingerprint density at radius 2 is 1.40 bits per heavy atom. The van der Waals surface area contributed by atoms with Crippen molar-refractivity contribution in [2.45, 2.75) is 0 Å². The summed E-state index contributed by atoms with van der Waals surface area (Å²) >= 11 is 0. The van der Waals surface area contributed by atoms with Crippen LogP contribution in [0.25, 0.3) is 0 Å². The van der Waals surface area contributed by atoms with E-state index in [2.05, 4.69) is 11.5 Å². The van der Waals surface area contributed by atoms with Gasteiger partial charge in [0.1, 0.15) is 0 Å². The Morgan fingerprint density at radius 1 is 1.40 bits per heavy atom. The Morgan fingerprint density at radius 3 is 1.40 bits per heavy atom. The van der Waals surface area contributed by atoms with Crippen LogP contribution in [-0.2, 0) is 0 Å². The topological polar surface area (TPSA) is 75.9 Å². The van der Waals surface area contributed by atoms with E-state index >= 15 is 0 Å². The van der Waals surface area contributed by atoms with E-state index in [4.69, 9.17) is 5.41 Å². The fraction of sp³-hybridized carbons (Fsp3) is 0. The average molecular weight is 67.0 g/mol. The molecule has 0 fully saturated rings. The summed E-state index contributed by atoms with van der Waals surface area (Å²) in [6.45, 7) is 0. The van der Waals surface area contributed by atoms with Gasteiger partial charge >= 0.3 is 18.9 Å². The number of nitrogens with two attached hydrogens (primary N) is 2. The predicted octanol–water partition coefficient (Wildman–Crippen LogP) is -1.81. The third kappa shape index (κ3) is 767. The van der Waals surface area contributed by atoms with Gasteiger partial charge in [0.25, 0.3) is 0 Å². The van der Waals surface area contributed by atoms with Crippen molar-refractivity contribution in [2.75, 3.05) is 0 Å². The zero-order valence-electron chi connectivity index (χ0n) is 2.15. The first-order valence-electron chi connectivity index (χ1n) is 0.827. The quantitative estimate of drug-likeness (QED) is 0.177. The molecule has 0 unspecified atom stereocenters.